The van der Waals surface area contributed by atoms with E-state index in [0.29, 0.717) is 11.3 Å². The summed E-state index contributed by atoms with van der Waals surface area (Å²) in [6.45, 7) is 1.75. The summed E-state index contributed by atoms with van der Waals surface area (Å²) >= 11 is 0. The molecule has 0 unspecified atom stereocenters. The van der Waals surface area contributed by atoms with Crippen LogP contribution in [0.3, 0.4) is 0 Å². The fraction of sp³-hybridized carbons (Fsp3) is 0.167. The summed E-state index contributed by atoms with van der Waals surface area (Å²) < 4.78 is 4.57. The van der Waals surface area contributed by atoms with E-state index < -0.39 is 0 Å². The van der Waals surface area contributed by atoms with E-state index in [4.69, 9.17) is 12.2 Å². The summed E-state index contributed by atoms with van der Waals surface area (Å²) in [6, 6.07) is 0. The van der Waals surface area contributed by atoms with Gasteiger partial charge in [-0.3, -0.25) is 0 Å². The Hall–Kier alpha value is -1.43. The van der Waals surface area contributed by atoms with Crippen molar-refractivity contribution in [3.63, 3.8) is 0 Å². The van der Waals surface area contributed by atoms with Crippen LogP contribution >= 0.6 is 0 Å². The Bertz CT molecular complexity index is 237. The molecule has 3 nitrogen and oxygen atoms in total. The fourth-order valence-electron chi connectivity index (χ4n) is 0.563. The maximum absolute atomic E-state index is 5.28. The minimum Gasteiger partial charge on any atom is -0.367 e. The third kappa shape index (κ3) is 0.745. The van der Waals surface area contributed by atoms with Crippen LogP contribution in [0.1, 0.15) is 11.3 Å². The predicted octanol–water partition coefficient (Wildman–Crippen LogP) is 0.547. The number of nitrogen functional groups attached to an aromatic ring is 1. The highest BCUT2D eigenvalue weighted by Gasteiger charge is 2.04. The number of hydrogen-bond acceptors (Lipinski definition) is 3. The lowest BCUT2D eigenvalue weighted by Crippen LogP contribution is -1.84. The highest BCUT2D eigenvalue weighted by molar-refractivity contribution is 5.49. The van der Waals surface area contributed by atoms with Crippen LogP contribution in [0.5, 0.6) is 0 Å². The monoisotopic (exact) mass is 122 g/mol. The molecule has 0 radical (unpaired) electrons. The number of rotatable bonds is 0. The molecule has 1 heterocycles. The molecule has 0 aliphatic carbocycles. The topological polar surface area (TPSA) is 52.0 Å². The van der Waals surface area contributed by atoms with Gasteiger partial charge in [-0.25, -0.2) is 0 Å². The molecular formula is C6H6N2O. The minimum absolute atomic E-state index is 0.218. The van der Waals surface area contributed by atoms with Gasteiger partial charge < -0.3 is 10.3 Å². The van der Waals surface area contributed by atoms with Gasteiger partial charge in [-0.1, -0.05) is 11.1 Å². The first-order chi connectivity index (χ1) is 4.25. The number of nitrogens with zero attached hydrogens (tertiary/aromatic N) is 1. The number of hydrogen-bond donors (Lipinski definition) is 1. The largest absolute Gasteiger partial charge is 0.367 e. The molecule has 1 aromatic rings. The van der Waals surface area contributed by atoms with Crippen molar-refractivity contribution >= 4 is 5.88 Å². The molecule has 3 heteroatoms. The summed E-state index contributed by atoms with van der Waals surface area (Å²) in [5, 5.41) is 3.54. The van der Waals surface area contributed by atoms with Crippen LogP contribution in [0.15, 0.2) is 4.52 Å². The van der Waals surface area contributed by atoms with Gasteiger partial charge in [-0.2, -0.15) is 0 Å². The van der Waals surface area contributed by atoms with Gasteiger partial charge >= 0.3 is 0 Å². The Morgan fingerprint density at radius 2 is 2.44 bits per heavy atom. The molecule has 9 heavy (non-hydrogen) atoms. The molecule has 2 N–H and O–H groups in total. The molecule has 0 aromatic carbocycles. The van der Waals surface area contributed by atoms with E-state index >= 15 is 0 Å². The highest BCUT2D eigenvalue weighted by atomic mass is 16.5. The first kappa shape index (κ1) is 5.70. The Morgan fingerprint density at radius 1 is 1.78 bits per heavy atom. The molecule has 0 aliphatic rings. The fourth-order valence-corrected chi connectivity index (χ4v) is 0.563. The Morgan fingerprint density at radius 3 is 2.67 bits per heavy atom. The van der Waals surface area contributed by atoms with E-state index in [0.717, 1.165) is 0 Å². The molecule has 0 aliphatic heterocycles. The average Bonchev–Trinajstić information content (AvgIpc) is 2.12. The third-order valence-corrected chi connectivity index (χ3v) is 1.03. The van der Waals surface area contributed by atoms with E-state index in [1.54, 1.807) is 6.92 Å². The molecule has 0 bridgehead atoms. The number of terminal acetylenes is 1. The van der Waals surface area contributed by atoms with Gasteiger partial charge in [0.1, 0.15) is 5.56 Å². The molecule has 0 fully saturated rings. The van der Waals surface area contributed by atoms with E-state index in [2.05, 4.69) is 15.6 Å². The lowest BCUT2D eigenvalue weighted by Gasteiger charge is -1.80. The predicted molar refractivity (Wildman–Crippen MR) is 33.6 cm³/mol. The zero-order chi connectivity index (χ0) is 6.85. The Balaban J connectivity index is 3.27. The van der Waals surface area contributed by atoms with Gasteiger partial charge in [0.15, 0.2) is 0 Å². The molecule has 46 valence electrons. The molecule has 0 spiro atoms. The zero-order valence-electron chi connectivity index (χ0n) is 5.01. The second-order valence-electron chi connectivity index (χ2n) is 1.65. The van der Waals surface area contributed by atoms with Gasteiger partial charge in [-0.15, -0.1) is 6.42 Å². The van der Waals surface area contributed by atoms with E-state index in [9.17, 15) is 0 Å². The van der Waals surface area contributed by atoms with Crippen molar-refractivity contribution in [2.24, 2.45) is 0 Å². The Kier molecular flexibility index (Phi) is 1.16. The number of aromatic nitrogens is 1. The van der Waals surface area contributed by atoms with Crippen LogP contribution in [0.25, 0.3) is 0 Å². The average molecular weight is 122 g/mol. The van der Waals surface area contributed by atoms with Gasteiger partial charge in [0.25, 0.3) is 0 Å². The lowest BCUT2D eigenvalue weighted by molar-refractivity contribution is 0.431. The number of aryl methyl sites for hydroxylation is 1. The van der Waals surface area contributed by atoms with Crippen molar-refractivity contribution in [3.05, 3.63) is 11.3 Å². The Labute approximate surface area is 52.8 Å². The summed E-state index contributed by atoms with van der Waals surface area (Å²) in [5.74, 6) is 2.58. The summed E-state index contributed by atoms with van der Waals surface area (Å²) in [6.07, 6.45) is 5.07. The van der Waals surface area contributed by atoms with E-state index in [-0.39, 0.29) is 5.88 Å². The van der Waals surface area contributed by atoms with Crippen LogP contribution in [0.2, 0.25) is 0 Å². The molecule has 1 aromatic heterocycles. The van der Waals surface area contributed by atoms with Gasteiger partial charge in [-0.05, 0) is 6.92 Å². The summed E-state index contributed by atoms with van der Waals surface area (Å²) in [5.41, 5.74) is 6.49. The minimum atomic E-state index is 0.218. The quantitative estimate of drug-likeness (QED) is 0.511. The van der Waals surface area contributed by atoms with Crippen LogP contribution in [0, 0.1) is 19.3 Å². The standard InChI is InChI=1S/C6H6N2O/c1-3-5-4(2)8-9-6(5)7/h1H,7H2,2H3. The second kappa shape index (κ2) is 1.82. The zero-order valence-corrected chi connectivity index (χ0v) is 5.01. The highest BCUT2D eigenvalue weighted by Crippen LogP contribution is 2.12. The maximum atomic E-state index is 5.28. The van der Waals surface area contributed by atoms with Crippen LogP contribution in [0.4, 0.5) is 5.88 Å². The summed E-state index contributed by atoms with van der Waals surface area (Å²) in [4.78, 5) is 0. The van der Waals surface area contributed by atoms with Gasteiger partial charge in [0.2, 0.25) is 5.88 Å². The van der Waals surface area contributed by atoms with E-state index in [1.807, 2.05) is 0 Å². The van der Waals surface area contributed by atoms with Crippen molar-refractivity contribution in [1.82, 2.24) is 5.16 Å². The molecule has 0 atom stereocenters. The van der Waals surface area contributed by atoms with Crippen molar-refractivity contribution in [1.29, 1.82) is 0 Å². The molecule has 0 saturated heterocycles. The molecule has 0 saturated carbocycles. The van der Waals surface area contributed by atoms with E-state index in [1.165, 1.54) is 0 Å². The van der Waals surface area contributed by atoms with Crippen LogP contribution in [-0.4, -0.2) is 5.16 Å². The van der Waals surface area contributed by atoms with Crippen molar-refractivity contribution in [2.45, 2.75) is 6.92 Å². The van der Waals surface area contributed by atoms with Gasteiger partial charge in [0, 0.05) is 0 Å². The van der Waals surface area contributed by atoms with Crippen molar-refractivity contribution < 1.29 is 4.52 Å². The molecule has 1 rings (SSSR count). The SMILES string of the molecule is C#Cc1c(C)noc1N. The lowest BCUT2D eigenvalue weighted by atomic mass is 10.3. The second-order valence-corrected chi connectivity index (χ2v) is 1.65. The number of anilines is 1. The van der Waals surface area contributed by atoms with Crippen LogP contribution < -0.4 is 5.73 Å². The first-order valence-electron chi connectivity index (χ1n) is 2.44. The normalized spacial score (nSPS) is 8.89. The van der Waals surface area contributed by atoms with Crippen molar-refractivity contribution in [2.75, 3.05) is 5.73 Å². The molecular weight excluding hydrogens is 116 g/mol. The number of nitrogens with two attached hydrogens (primary N) is 1. The smallest absolute Gasteiger partial charge is 0.238 e. The van der Waals surface area contributed by atoms with Gasteiger partial charge in [0.05, 0.1) is 5.69 Å². The molecule has 0 amide bonds. The summed E-state index contributed by atoms with van der Waals surface area (Å²) in [7, 11) is 0. The maximum Gasteiger partial charge on any atom is 0.238 e. The first-order valence-corrected chi connectivity index (χ1v) is 2.44. The third-order valence-electron chi connectivity index (χ3n) is 1.03. The van der Waals surface area contributed by atoms with Crippen LogP contribution in [-0.2, 0) is 0 Å². The van der Waals surface area contributed by atoms with Crippen molar-refractivity contribution in [3.8, 4) is 12.3 Å².